The summed E-state index contributed by atoms with van der Waals surface area (Å²) in [6.07, 6.45) is 4.92. The van der Waals surface area contributed by atoms with Gasteiger partial charge >= 0.3 is 0 Å². The average molecular weight is 349 g/mol. The second-order valence-electron chi connectivity index (χ2n) is 6.11. The molecule has 0 unspecified atom stereocenters. The predicted molar refractivity (Wildman–Crippen MR) is 94.0 cm³/mol. The first-order valence-corrected chi connectivity index (χ1v) is 8.43. The molecule has 0 radical (unpaired) electrons. The molecule has 0 bridgehead atoms. The van der Waals surface area contributed by atoms with Crippen LogP contribution in [0.2, 0.25) is 0 Å². The van der Waals surface area contributed by atoms with Gasteiger partial charge in [-0.3, -0.25) is 4.98 Å². The molecular weight excluding hydrogens is 333 g/mol. The zero-order chi connectivity index (χ0) is 17.9. The van der Waals surface area contributed by atoms with Crippen molar-refractivity contribution in [2.24, 2.45) is 0 Å². The van der Waals surface area contributed by atoms with Crippen LogP contribution in [0.3, 0.4) is 0 Å². The van der Waals surface area contributed by atoms with Crippen LogP contribution in [0.1, 0.15) is 18.4 Å². The molecule has 3 heterocycles. The molecule has 0 aliphatic carbocycles. The second kappa shape index (κ2) is 7.02. The molecule has 7 heteroatoms. The number of nitrogens with one attached hydrogen (secondary N) is 1. The number of hydrogen-bond donors (Lipinski definition) is 1. The van der Waals surface area contributed by atoms with Crippen molar-refractivity contribution in [1.29, 1.82) is 5.26 Å². The van der Waals surface area contributed by atoms with E-state index in [0.717, 1.165) is 25.9 Å². The van der Waals surface area contributed by atoms with E-state index in [0.29, 0.717) is 28.0 Å². The van der Waals surface area contributed by atoms with Gasteiger partial charge in [0.05, 0.1) is 22.7 Å². The first-order valence-electron chi connectivity index (χ1n) is 8.43. The molecule has 6 nitrogen and oxygen atoms in total. The fraction of sp³-hybridized carbons (Fsp3) is 0.263. The van der Waals surface area contributed by atoms with Crippen molar-refractivity contribution in [3.63, 3.8) is 0 Å². The maximum Gasteiger partial charge on any atom is 0.224 e. The minimum absolute atomic E-state index is 0.0950. The third-order valence-electron chi connectivity index (χ3n) is 4.43. The van der Waals surface area contributed by atoms with E-state index in [1.54, 1.807) is 24.4 Å². The summed E-state index contributed by atoms with van der Waals surface area (Å²) in [5, 5.41) is 12.9. The summed E-state index contributed by atoms with van der Waals surface area (Å²) in [6, 6.07) is 8.01. The normalized spacial score (nSPS) is 14.9. The van der Waals surface area contributed by atoms with E-state index >= 15 is 0 Å². The standard InChI is InChI=1S/C19H16FN5O/c20-16-9-12(10-21)1-2-14(16)17-18-15(5-8-23-17)19(25-11-24-18)26-13-3-6-22-7-4-13/h1-2,5,8-9,11,13,22H,3-4,6-7H2. The van der Waals surface area contributed by atoms with E-state index in [2.05, 4.69) is 20.3 Å². The lowest BCUT2D eigenvalue weighted by atomic mass is 10.1. The lowest BCUT2D eigenvalue weighted by molar-refractivity contribution is 0.158. The number of pyridine rings is 1. The SMILES string of the molecule is N#Cc1ccc(-c2nccc3c(OC4CCNCC4)ncnc23)c(F)c1. The Morgan fingerprint density at radius 3 is 2.77 bits per heavy atom. The lowest BCUT2D eigenvalue weighted by Gasteiger charge is -2.23. The van der Waals surface area contributed by atoms with Gasteiger partial charge in [0.1, 0.15) is 23.8 Å². The van der Waals surface area contributed by atoms with Crippen LogP contribution in [0, 0.1) is 17.1 Å². The first kappa shape index (κ1) is 16.4. The van der Waals surface area contributed by atoms with Crippen LogP contribution < -0.4 is 10.1 Å². The Balaban J connectivity index is 1.78. The molecule has 1 saturated heterocycles. The molecular formula is C19H16FN5O. The van der Waals surface area contributed by atoms with E-state index in [9.17, 15) is 4.39 Å². The minimum Gasteiger partial charge on any atom is -0.474 e. The van der Waals surface area contributed by atoms with Gasteiger partial charge in [0.15, 0.2) is 0 Å². The molecule has 0 amide bonds. The largest absolute Gasteiger partial charge is 0.474 e. The molecule has 1 fully saturated rings. The molecule has 1 aliphatic rings. The molecule has 3 aromatic rings. The fourth-order valence-electron chi connectivity index (χ4n) is 3.10. The van der Waals surface area contributed by atoms with Crippen LogP contribution >= 0.6 is 0 Å². The number of piperidine rings is 1. The molecule has 1 aromatic carbocycles. The van der Waals surface area contributed by atoms with Crippen molar-refractivity contribution in [3.8, 4) is 23.2 Å². The van der Waals surface area contributed by atoms with Crippen LogP contribution in [-0.2, 0) is 0 Å². The van der Waals surface area contributed by atoms with Gasteiger partial charge in [0.2, 0.25) is 5.88 Å². The van der Waals surface area contributed by atoms with Gasteiger partial charge in [-0.25, -0.2) is 14.4 Å². The summed E-state index contributed by atoms with van der Waals surface area (Å²) in [4.78, 5) is 12.9. The number of benzene rings is 1. The number of ether oxygens (including phenoxy) is 1. The second-order valence-corrected chi connectivity index (χ2v) is 6.11. The van der Waals surface area contributed by atoms with Crippen LogP contribution in [0.5, 0.6) is 5.88 Å². The van der Waals surface area contributed by atoms with Crippen molar-refractivity contribution in [1.82, 2.24) is 20.3 Å². The summed E-state index contributed by atoms with van der Waals surface area (Å²) in [5.74, 6) is -0.0249. The van der Waals surface area contributed by atoms with Gasteiger partial charge in [-0.1, -0.05) is 0 Å². The highest BCUT2D eigenvalue weighted by atomic mass is 19.1. The summed E-state index contributed by atoms with van der Waals surface area (Å²) >= 11 is 0. The smallest absolute Gasteiger partial charge is 0.224 e. The van der Waals surface area contributed by atoms with E-state index in [-0.39, 0.29) is 11.7 Å². The quantitative estimate of drug-likeness (QED) is 0.783. The Morgan fingerprint density at radius 1 is 1.15 bits per heavy atom. The van der Waals surface area contributed by atoms with Crippen molar-refractivity contribution < 1.29 is 9.13 Å². The van der Waals surface area contributed by atoms with Crippen LogP contribution in [-0.4, -0.2) is 34.1 Å². The third kappa shape index (κ3) is 3.07. The first-order chi connectivity index (χ1) is 12.8. The topological polar surface area (TPSA) is 83.7 Å². The number of aromatic nitrogens is 3. The number of halogens is 1. The number of nitrogens with zero attached hydrogens (tertiary/aromatic N) is 4. The Morgan fingerprint density at radius 2 is 2.00 bits per heavy atom. The van der Waals surface area contributed by atoms with Gasteiger partial charge in [0, 0.05) is 11.8 Å². The summed E-state index contributed by atoms with van der Waals surface area (Å²) in [5.41, 5.74) is 1.48. The van der Waals surface area contributed by atoms with Gasteiger partial charge < -0.3 is 10.1 Å². The number of fused-ring (bicyclic) bond motifs is 1. The molecule has 0 atom stereocenters. The molecule has 0 spiro atoms. The maximum absolute atomic E-state index is 14.5. The van der Waals surface area contributed by atoms with Gasteiger partial charge in [-0.15, -0.1) is 0 Å². The number of rotatable bonds is 3. The Labute approximate surface area is 149 Å². The maximum atomic E-state index is 14.5. The van der Waals surface area contributed by atoms with E-state index in [4.69, 9.17) is 10.00 Å². The predicted octanol–water partition coefficient (Wildman–Crippen LogP) is 2.83. The zero-order valence-corrected chi connectivity index (χ0v) is 13.9. The number of hydrogen-bond acceptors (Lipinski definition) is 6. The van der Waals surface area contributed by atoms with E-state index in [1.807, 2.05) is 6.07 Å². The Bertz CT molecular complexity index is 995. The minimum atomic E-state index is -0.511. The molecule has 1 N–H and O–H groups in total. The molecule has 4 rings (SSSR count). The highest BCUT2D eigenvalue weighted by Gasteiger charge is 2.19. The molecule has 0 saturated carbocycles. The monoisotopic (exact) mass is 349 g/mol. The van der Waals surface area contributed by atoms with E-state index in [1.165, 1.54) is 12.4 Å². The molecule has 1 aliphatic heterocycles. The highest BCUT2D eigenvalue weighted by molar-refractivity contribution is 5.94. The Kier molecular flexibility index (Phi) is 4.42. The van der Waals surface area contributed by atoms with Gasteiger partial charge in [-0.2, -0.15) is 5.26 Å². The van der Waals surface area contributed by atoms with Crippen molar-refractivity contribution in [3.05, 3.63) is 48.2 Å². The van der Waals surface area contributed by atoms with Gasteiger partial charge in [0.25, 0.3) is 0 Å². The summed E-state index contributed by atoms with van der Waals surface area (Å²) < 4.78 is 20.5. The molecule has 26 heavy (non-hydrogen) atoms. The third-order valence-corrected chi connectivity index (χ3v) is 4.43. The highest BCUT2D eigenvalue weighted by Crippen LogP contribution is 2.31. The van der Waals surface area contributed by atoms with Crippen LogP contribution in [0.4, 0.5) is 4.39 Å². The average Bonchev–Trinajstić information content (AvgIpc) is 2.69. The van der Waals surface area contributed by atoms with Crippen LogP contribution in [0.15, 0.2) is 36.8 Å². The summed E-state index contributed by atoms with van der Waals surface area (Å²) in [6.45, 7) is 1.83. The van der Waals surface area contributed by atoms with Crippen LogP contribution in [0.25, 0.3) is 22.2 Å². The number of nitriles is 1. The molecule has 130 valence electrons. The van der Waals surface area contributed by atoms with Crippen molar-refractivity contribution in [2.75, 3.05) is 13.1 Å². The van der Waals surface area contributed by atoms with Crippen molar-refractivity contribution in [2.45, 2.75) is 18.9 Å². The summed E-state index contributed by atoms with van der Waals surface area (Å²) in [7, 11) is 0. The molecule has 2 aromatic heterocycles. The van der Waals surface area contributed by atoms with Gasteiger partial charge in [-0.05, 0) is 50.2 Å². The van der Waals surface area contributed by atoms with Crippen molar-refractivity contribution >= 4 is 10.9 Å². The zero-order valence-electron chi connectivity index (χ0n) is 13.9. The van der Waals surface area contributed by atoms with E-state index < -0.39 is 5.82 Å². The fourth-order valence-corrected chi connectivity index (χ4v) is 3.10. The Hall–Kier alpha value is -3.11. The lowest BCUT2D eigenvalue weighted by Crippen LogP contribution is -2.34.